The van der Waals surface area contributed by atoms with Crippen LogP contribution in [0.2, 0.25) is 0 Å². The highest BCUT2D eigenvalue weighted by molar-refractivity contribution is 5.67. The molecule has 0 spiro atoms. The van der Waals surface area contributed by atoms with Crippen molar-refractivity contribution in [1.82, 2.24) is 0 Å². The third kappa shape index (κ3) is 2.57. The van der Waals surface area contributed by atoms with Crippen molar-refractivity contribution in [2.45, 2.75) is 19.4 Å². The van der Waals surface area contributed by atoms with Gasteiger partial charge >= 0.3 is 0 Å². The average Bonchev–Trinajstić information content (AvgIpc) is 2.47. The summed E-state index contributed by atoms with van der Waals surface area (Å²) >= 11 is 0. The quantitative estimate of drug-likeness (QED) is 0.869. The summed E-state index contributed by atoms with van der Waals surface area (Å²) in [6.07, 6.45) is 2.22. The third-order valence-electron chi connectivity index (χ3n) is 3.74. The molecule has 0 radical (unpaired) electrons. The van der Waals surface area contributed by atoms with Crippen LogP contribution >= 0.6 is 0 Å². The summed E-state index contributed by atoms with van der Waals surface area (Å²) in [5, 5.41) is 0. The van der Waals surface area contributed by atoms with Crippen molar-refractivity contribution in [3.8, 4) is 5.75 Å². The van der Waals surface area contributed by atoms with E-state index in [2.05, 4.69) is 36.2 Å². The second kappa shape index (κ2) is 5.45. The number of nitrogen functional groups attached to an aromatic ring is 1. The summed E-state index contributed by atoms with van der Waals surface area (Å²) in [5.41, 5.74) is 10.5. The smallest absolute Gasteiger partial charge is 0.122 e. The zero-order valence-electron chi connectivity index (χ0n) is 11.8. The maximum atomic E-state index is 6.02. The second-order valence-corrected chi connectivity index (χ2v) is 5.31. The predicted octanol–water partition coefficient (Wildman–Crippen LogP) is 3.23. The van der Waals surface area contributed by atoms with Crippen LogP contribution in [-0.4, -0.2) is 13.7 Å². The van der Waals surface area contributed by atoms with Crippen LogP contribution < -0.4 is 15.4 Å². The Morgan fingerprint density at radius 2 is 2.05 bits per heavy atom. The zero-order chi connectivity index (χ0) is 13.9. The molecule has 20 heavy (non-hydrogen) atoms. The molecule has 0 amide bonds. The highest BCUT2D eigenvalue weighted by atomic mass is 16.5. The van der Waals surface area contributed by atoms with Crippen molar-refractivity contribution < 1.29 is 4.74 Å². The van der Waals surface area contributed by atoms with Crippen LogP contribution in [0.4, 0.5) is 11.4 Å². The molecule has 0 saturated heterocycles. The van der Waals surface area contributed by atoms with Gasteiger partial charge in [-0.3, -0.25) is 0 Å². The molecule has 0 bridgehead atoms. The summed E-state index contributed by atoms with van der Waals surface area (Å²) in [5.74, 6) is 1.04. The molecule has 2 aromatic rings. The average molecular weight is 268 g/mol. The van der Waals surface area contributed by atoms with Crippen molar-refractivity contribution in [2.24, 2.45) is 0 Å². The molecule has 0 atom stereocenters. The van der Waals surface area contributed by atoms with Crippen LogP contribution in [0.15, 0.2) is 42.5 Å². The van der Waals surface area contributed by atoms with Gasteiger partial charge in [-0.2, -0.15) is 0 Å². The molecule has 0 aliphatic carbocycles. The summed E-state index contributed by atoms with van der Waals surface area (Å²) in [6, 6.07) is 14.4. The fourth-order valence-corrected chi connectivity index (χ4v) is 2.71. The number of para-hydroxylation sites is 2. The number of fused-ring (bicyclic) bond motifs is 1. The van der Waals surface area contributed by atoms with Gasteiger partial charge in [-0.1, -0.05) is 24.3 Å². The predicted molar refractivity (Wildman–Crippen MR) is 83.2 cm³/mol. The van der Waals surface area contributed by atoms with Crippen LogP contribution in [0.3, 0.4) is 0 Å². The van der Waals surface area contributed by atoms with Crippen molar-refractivity contribution in [1.29, 1.82) is 0 Å². The van der Waals surface area contributed by atoms with E-state index in [1.807, 2.05) is 18.2 Å². The lowest BCUT2D eigenvalue weighted by atomic mass is 10.0. The summed E-state index contributed by atoms with van der Waals surface area (Å²) in [4.78, 5) is 2.18. The third-order valence-corrected chi connectivity index (χ3v) is 3.74. The van der Waals surface area contributed by atoms with Gasteiger partial charge in [0.05, 0.1) is 18.0 Å². The van der Waals surface area contributed by atoms with E-state index >= 15 is 0 Å². The minimum absolute atomic E-state index is 0.816. The molecule has 0 unspecified atom stereocenters. The van der Waals surface area contributed by atoms with Crippen LogP contribution in [0.5, 0.6) is 5.75 Å². The Labute approximate surface area is 120 Å². The van der Waals surface area contributed by atoms with Crippen molar-refractivity contribution in [3.05, 3.63) is 53.6 Å². The Hall–Kier alpha value is -2.16. The Kier molecular flexibility index (Phi) is 3.50. The fourth-order valence-electron chi connectivity index (χ4n) is 2.71. The first-order valence-electron chi connectivity index (χ1n) is 7.04. The number of aryl methyl sites for hydroxylation is 1. The summed E-state index contributed by atoms with van der Waals surface area (Å²) in [7, 11) is 2.07. The maximum absolute atomic E-state index is 6.02. The molecule has 2 aromatic carbocycles. The first kappa shape index (κ1) is 12.9. The van der Waals surface area contributed by atoms with Crippen LogP contribution in [0, 0.1) is 0 Å². The molecule has 3 nitrogen and oxygen atoms in total. The normalized spacial score (nSPS) is 13.4. The number of rotatable bonds is 3. The van der Waals surface area contributed by atoms with Gasteiger partial charge < -0.3 is 15.4 Å². The van der Waals surface area contributed by atoms with Crippen molar-refractivity contribution in [3.63, 3.8) is 0 Å². The van der Waals surface area contributed by atoms with Gasteiger partial charge in [0, 0.05) is 13.6 Å². The second-order valence-electron chi connectivity index (χ2n) is 5.31. The standard InChI is InChI=1S/C17H20N2O/c1-19(16-7-3-2-6-15(16)18)12-13-8-9-17-14(11-13)5-4-10-20-17/h2-3,6-9,11H,4-5,10,12,18H2,1H3. The molecule has 1 heterocycles. The molecule has 0 aromatic heterocycles. The molecule has 3 heteroatoms. The number of hydrogen-bond acceptors (Lipinski definition) is 3. The van der Waals surface area contributed by atoms with E-state index in [-0.39, 0.29) is 0 Å². The van der Waals surface area contributed by atoms with Gasteiger partial charge in [-0.15, -0.1) is 0 Å². The number of ether oxygens (including phenoxy) is 1. The molecular formula is C17H20N2O. The van der Waals surface area contributed by atoms with Gasteiger partial charge in [0.2, 0.25) is 0 Å². The lowest BCUT2D eigenvalue weighted by Gasteiger charge is -2.23. The zero-order valence-corrected chi connectivity index (χ0v) is 11.8. The number of hydrogen-bond donors (Lipinski definition) is 1. The van der Waals surface area contributed by atoms with Gasteiger partial charge in [0.1, 0.15) is 5.75 Å². The maximum Gasteiger partial charge on any atom is 0.122 e. The van der Waals surface area contributed by atoms with E-state index in [0.717, 1.165) is 43.1 Å². The topological polar surface area (TPSA) is 38.5 Å². The molecule has 0 saturated carbocycles. The lowest BCUT2D eigenvalue weighted by molar-refractivity contribution is 0.288. The number of anilines is 2. The Bertz CT molecular complexity index is 610. The summed E-state index contributed by atoms with van der Waals surface area (Å²) in [6.45, 7) is 1.69. The van der Waals surface area contributed by atoms with E-state index in [4.69, 9.17) is 10.5 Å². The van der Waals surface area contributed by atoms with E-state index < -0.39 is 0 Å². The number of benzene rings is 2. The molecule has 104 valence electrons. The number of nitrogens with two attached hydrogens (primary N) is 1. The first-order valence-corrected chi connectivity index (χ1v) is 7.04. The van der Waals surface area contributed by atoms with Crippen LogP contribution in [0.1, 0.15) is 17.5 Å². The van der Waals surface area contributed by atoms with Gasteiger partial charge in [-0.25, -0.2) is 0 Å². The van der Waals surface area contributed by atoms with E-state index in [1.165, 1.54) is 11.1 Å². The molecule has 2 N–H and O–H groups in total. The SMILES string of the molecule is CN(Cc1ccc2c(c1)CCCO2)c1ccccc1N. The molecule has 1 aliphatic heterocycles. The molecular weight excluding hydrogens is 248 g/mol. The Morgan fingerprint density at radius 3 is 2.90 bits per heavy atom. The first-order chi connectivity index (χ1) is 9.74. The highest BCUT2D eigenvalue weighted by Gasteiger charge is 2.12. The van der Waals surface area contributed by atoms with Gasteiger partial charge in [0.25, 0.3) is 0 Å². The molecule has 1 aliphatic rings. The summed E-state index contributed by atoms with van der Waals surface area (Å²) < 4.78 is 5.65. The Balaban J connectivity index is 1.79. The van der Waals surface area contributed by atoms with Crippen LogP contribution in [0.25, 0.3) is 0 Å². The minimum Gasteiger partial charge on any atom is -0.493 e. The Morgan fingerprint density at radius 1 is 1.20 bits per heavy atom. The fraction of sp³-hybridized carbons (Fsp3) is 0.294. The largest absolute Gasteiger partial charge is 0.493 e. The van der Waals surface area contributed by atoms with Gasteiger partial charge in [0.15, 0.2) is 0 Å². The van der Waals surface area contributed by atoms with E-state index in [9.17, 15) is 0 Å². The number of nitrogens with zero attached hydrogens (tertiary/aromatic N) is 1. The van der Waals surface area contributed by atoms with Gasteiger partial charge in [-0.05, 0) is 42.2 Å². The van der Waals surface area contributed by atoms with Crippen LogP contribution in [-0.2, 0) is 13.0 Å². The van der Waals surface area contributed by atoms with Crippen molar-refractivity contribution >= 4 is 11.4 Å². The molecule has 3 rings (SSSR count). The molecule has 0 fully saturated rings. The monoisotopic (exact) mass is 268 g/mol. The van der Waals surface area contributed by atoms with Crippen molar-refractivity contribution in [2.75, 3.05) is 24.3 Å². The lowest BCUT2D eigenvalue weighted by Crippen LogP contribution is -2.18. The highest BCUT2D eigenvalue weighted by Crippen LogP contribution is 2.27. The minimum atomic E-state index is 0.816. The van der Waals surface area contributed by atoms with E-state index in [0.29, 0.717) is 0 Å². The van der Waals surface area contributed by atoms with E-state index in [1.54, 1.807) is 0 Å².